The Bertz CT molecular complexity index is 309. The lowest BCUT2D eigenvalue weighted by Gasteiger charge is -2.08. The molecule has 0 bridgehead atoms. The van der Waals surface area contributed by atoms with E-state index in [9.17, 15) is 0 Å². The Labute approximate surface area is 120 Å². The largest absolute Gasteiger partial charge is 0.316 e. The van der Waals surface area contributed by atoms with Crippen molar-refractivity contribution < 1.29 is 0 Å². The number of halogens is 1. The third-order valence-corrected chi connectivity index (χ3v) is 3.29. The fourth-order valence-corrected chi connectivity index (χ4v) is 2.00. The summed E-state index contributed by atoms with van der Waals surface area (Å²) in [6, 6.07) is 8.56. The van der Waals surface area contributed by atoms with E-state index in [4.69, 9.17) is 0 Å². The van der Waals surface area contributed by atoms with E-state index in [1.165, 1.54) is 12.0 Å². The highest BCUT2D eigenvalue weighted by Crippen LogP contribution is 2.10. The van der Waals surface area contributed by atoms with Crippen LogP contribution < -0.4 is 10.6 Å². The molecule has 2 N–H and O–H groups in total. The molecule has 0 atom stereocenters. The van der Waals surface area contributed by atoms with Crippen molar-refractivity contribution >= 4 is 15.9 Å². The Kier molecular flexibility index (Phi) is 8.31. The monoisotopic (exact) mass is 312 g/mol. The van der Waals surface area contributed by atoms with Gasteiger partial charge >= 0.3 is 0 Å². The van der Waals surface area contributed by atoms with Gasteiger partial charge in [-0.25, -0.2) is 0 Å². The molecule has 0 saturated heterocycles. The molecule has 0 amide bonds. The van der Waals surface area contributed by atoms with Gasteiger partial charge in [0.25, 0.3) is 0 Å². The Morgan fingerprint density at radius 3 is 2.33 bits per heavy atom. The van der Waals surface area contributed by atoms with Gasteiger partial charge in [0, 0.05) is 4.47 Å². The summed E-state index contributed by atoms with van der Waals surface area (Å²) in [6.45, 7) is 8.88. The molecule has 0 radical (unpaired) electrons. The topological polar surface area (TPSA) is 24.1 Å². The van der Waals surface area contributed by atoms with Crippen molar-refractivity contribution in [3.8, 4) is 0 Å². The molecule has 0 aliphatic rings. The Hall–Kier alpha value is -0.380. The van der Waals surface area contributed by atoms with Crippen LogP contribution in [-0.2, 0) is 6.42 Å². The fourth-order valence-electron chi connectivity index (χ4n) is 1.74. The molecule has 3 heteroatoms. The van der Waals surface area contributed by atoms with Crippen LogP contribution in [0.25, 0.3) is 0 Å². The van der Waals surface area contributed by atoms with Gasteiger partial charge in [0.2, 0.25) is 0 Å². The predicted molar refractivity (Wildman–Crippen MR) is 83.0 cm³/mol. The van der Waals surface area contributed by atoms with Gasteiger partial charge in [0.15, 0.2) is 0 Å². The molecule has 0 spiro atoms. The van der Waals surface area contributed by atoms with E-state index < -0.39 is 0 Å². The molecule has 102 valence electrons. The lowest BCUT2D eigenvalue weighted by Crippen LogP contribution is -2.25. The zero-order valence-corrected chi connectivity index (χ0v) is 13.1. The van der Waals surface area contributed by atoms with Crippen LogP contribution in [0.4, 0.5) is 0 Å². The summed E-state index contributed by atoms with van der Waals surface area (Å²) in [6.07, 6.45) is 2.31. The van der Waals surface area contributed by atoms with Crippen molar-refractivity contribution in [3.05, 3.63) is 34.3 Å². The van der Waals surface area contributed by atoms with Crippen LogP contribution >= 0.6 is 15.9 Å². The molecule has 1 aromatic carbocycles. The molecule has 1 rings (SSSR count). The highest BCUT2D eigenvalue weighted by atomic mass is 79.9. The van der Waals surface area contributed by atoms with E-state index in [1.54, 1.807) is 0 Å². The van der Waals surface area contributed by atoms with Crippen molar-refractivity contribution in [2.24, 2.45) is 5.92 Å². The smallest absolute Gasteiger partial charge is 0.0175 e. The van der Waals surface area contributed by atoms with E-state index >= 15 is 0 Å². The lowest BCUT2D eigenvalue weighted by molar-refractivity contribution is 0.531. The SMILES string of the molecule is CC(C)CNCCCNCCc1ccc(Br)cc1. The zero-order chi connectivity index (χ0) is 13.2. The van der Waals surface area contributed by atoms with Crippen molar-refractivity contribution in [1.29, 1.82) is 0 Å². The van der Waals surface area contributed by atoms with Crippen LogP contribution in [0.1, 0.15) is 25.8 Å². The molecule has 0 saturated carbocycles. The summed E-state index contributed by atoms with van der Waals surface area (Å²) in [5.74, 6) is 0.746. The molecule has 0 aliphatic heterocycles. The zero-order valence-electron chi connectivity index (χ0n) is 11.5. The highest BCUT2D eigenvalue weighted by molar-refractivity contribution is 9.10. The maximum Gasteiger partial charge on any atom is 0.0175 e. The Morgan fingerprint density at radius 1 is 1.00 bits per heavy atom. The molecular weight excluding hydrogens is 288 g/mol. The highest BCUT2D eigenvalue weighted by Gasteiger charge is 1.94. The van der Waals surface area contributed by atoms with Crippen molar-refractivity contribution in [2.75, 3.05) is 26.2 Å². The standard InChI is InChI=1S/C15H25BrN2/c1-13(2)12-18-10-3-9-17-11-8-14-4-6-15(16)7-5-14/h4-7,13,17-18H,3,8-12H2,1-2H3. The molecular formula is C15H25BrN2. The molecule has 2 nitrogen and oxygen atoms in total. The minimum atomic E-state index is 0.746. The van der Waals surface area contributed by atoms with Crippen LogP contribution in [0.5, 0.6) is 0 Å². The number of hydrogen-bond acceptors (Lipinski definition) is 2. The third kappa shape index (κ3) is 7.85. The predicted octanol–water partition coefficient (Wildman–Crippen LogP) is 3.22. The number of nitrogens with one attached hydrogen (secondary N) is 2. The second-order valence-electron chi connectivity index (χ2n) is 5.08. The van der Waals surface area contributed by atoms with Gasteiger partial charge < -0.3 is 10.6 Å². The van der Waals surface area contributed by atoms with Crippen molar-refractivity contribution in [3.63, 3.8) is 0 Å². The van der Waals surface area contributed by atoms with Crippen molar-refractivity contribution in [1.82, 2.24) is 10.6 Å². The van der Waals surface area contributed by atoms with Gasteiger partial charge in [-0.3, -0.25) is 0 Å². The van der Waals surface area contributed by atoms with E-state index in [2.05, 4.69) is 64.7 Å². The maximum absolute atomic E-state index is 3.48. The Morgan fingerprint density at radius 2 is 1.67 bits per heavy atom. The molecule has 0 aliphatic carbocycles. The summed E-state index contributed by atoms with van der Waals surface area (Å²) >= 11 is 3.45. The van der Waals surface area contributed by atoms with E-state index in [-0.39, 0.29) is 0 Å². The average Bonchev–Trinajstić information content (AvgIpc) is 2.34. The number of rotatable bonds is 9. The average molecular weight is 313 g/mol. The summed E-state index contributed by atoms with van der Waals surface area (Å²) in [4.78, 5) is 0. The molecule has 0 fully saturated rings. The van der Waals surface area contributed by atoms with Gasteiger partial charge in [0.1, 0.15) is 0 Å². The summed E-state index contributed by atoms with van der Waals surface area (Å²) < 4.78 is 1.15. The summed E-state index contributed by atoms with van der Waals surface area (Å²) in [7, 11) is 0. The minimum Gasteiger partial charge on any atom is -0.316 e. The number of benzene rings is 1. The first kappa shape index (κ1) is 15.7. The van der Waals surface area contributed by atoms with Crippen molar-refractivity contribution in [2.45, 2.75) is 26.7 Å². The van der Waals surface area contributed by atoms with Gasteiger partial charge in [-0.15, -0.1) is 0 Å². The second kappa shape index (κ2) is 9.54. The summed E-state index contributed by atoms with van der Waals surface area (Å²) in [5, 5.41) is 6.94. The van der Waals surface area contributed by atoms with Gasteiger partial charge in [-0.05, 0) is 62.6 Å². The van der Waals surface area contributed by atoms with Gasteiger partial charge in [-0.2, -0.15) is 0 Å². The first-order valence-electron chi connectivity index (χ1n) is 6.84. The van der Waals surface area contributed by atoms with E-state index in [0.29, 0.717) is 0 Å². The van der Waals surface area contributed by atoms with Crippen LogP contribution in [0.15, 0.2) is 28.7 Å². The minimum absolute atomic E-state index is 0.746. The molecule has 0 unspecified atom stereocenters. The Balaban J connectivity index is 1.94. The van der Waals surface area contributed by atoms with E-state index in [1.807, 2.05) is 0 Å². The fraction of sp³-hybridized carbons (Fsp3) is 0.600. The molecule has 0 aromatic heterocycles. The van der Waals surface area contributed by atoms with Crippen LogP contribution in [0, 0.1) is 5.92 Å². The first-order valence-corrected chi connectivity index (χ1v) is 7.63. The quantitative estimate of drug-likeness (QED) is 0.684. The molecule has 18 heavy (non-hydrogen) atoms. The van der Waals surface area contributed by atoms with Crippen LogP contribution in [0.2, 0.25) is 0 Å². The lowest BCUT2D eigenvalue weighted by atomic mass is 10.1. The second-order valence-corrected chi connectivity index (χ2v) is 5.99. The first-order chi connectivity index (χ1) is 8.68. The van der Waals surface area contributed by atoms with Gasteiger partial charge in [-0.1, -0.05) is 41.9 Å². The molecule has 0 heterocycles. The molecule has 1 aromatic rings. The third-order valence-electron chi connectivity index (χ3n) is 2.76. The normalized spacial score (nSPS) is 11.1. The van der Waals surface area contributed by atoms with Gasteiger partial charge in [0.05, 0.1) is 0 Å². The number of hydrogen-bond donors (Lipinski definition) is 2. The maximum atomic E-state index is 3.48. The van der Waals surface area contributed by atoms with Crippen LogP contribution in [0.3, 0.4) is 0 Å². The van der Waals surface area contributed by atoms with Crippen LogP contribution in [-0.4, -0.2) is 26.2 Å². The summed E-state index contributed by atoms with van der Waals surface area (Å²) in [5.41, 5.74) is 1.39. The van der Waals surface area contributed by atoms with E-state index in [0.717, 1.165) is 43.0 Å².